The maximum atomic E-state index is 14.0. The summed E-state index contributed by atoms with van der Waals surface area (Å²) in [5.41, 5.74) is 3.03. The van der Waals surface area contributed by atoms with Crippen LogP contribution in [-0.2, 0) is 16.1 Å². The van der Waals surface area contributed by atoms with Gasteiger partial charge in [-0.2, -0.15) is 0 Å². The summed E-state index contributed by atoms with van der Waals surface area (Å²) in [4.78, 5) is 32.3. The molecule has 9 heteroatoms. The van der Waals surface area contributed by atoms with Crippen LogP contribution < -0.4 is 29.1 Å². The molecule has 216 valence electrons. The van der Waals surface area contributed by atoms with Crippen molar-refractivity contribution in [3.8, 4) is 17.2 Å². The summed E-state index contributed by atoms with van der Waals surface area (Å²) < 4.78 is 24.9. The van der Waals surface area contributed by atoms with E-state index in [4.69, 9.17) is 18.9 Å². The van der Waals surface area contributed by atoms with Crippen molar-refractivity contribution in [2.24, 2.45) is 4.99 Å². The fraction of sp³-hybridized carbons (Fsp3) is 0.242. The lowest BCUT2D eigenvalue weighted by Gasteiger charge is -2.26. The quantitative estimate of drug-likeness (QED) is 0.249. The maximum absolute atomic E-state index is 14.0. The second-order valence-corrected chi connectivity index (χ2v) is 10.5. The lowest BCUT2D eigenvalue weighted by atomic mass is 9.95. The second-order valence-electron chi connectivity index (χ2n) is 9.46. The van der Waals surface area contributed by atoms with Gasteiger partial charge in [-0.1, -0.05) is 65.9 Å². The van der Waals surface area contributed by atoms with Gasteiger partial charge >= 0.3 is 5.97 Å². The van der Waals surface area contributed by atoms with Gasteiger partial charge in [-0.05, 0) is 56.2 Å². The Balaban J connectivity index is 1.58. The van der Waals surface area contributed by atoms with Crippen LogP contribution >= 0.6 is 11.3 Å². The largest absolute Gasteiger partial charge is 0.494 e. The molecule has 0 unspecified atom stereocenters. The molecule has 0 spiro atoms. The van der Waals surface area contributed by atoms with Crippen molar-refractivity contribution in [3.05, 3.63) is 120 Å². The van der Waals surface area contributed by atoms with Crippen LogP contribution in [0.3, 0.4) is 0 Å². The number of aromatic nitrogens is 1. The third kappa shape index (κ3) is 5.87. The number of methoxy groups -OCH3 is 1. The summed E-state index contributed by atoms with van der Waals surface area (Å²) in [6, 6.07) is 22.1. The summed E-state index contributed by atoms with van der Waals surface area (Å²) in [7, 11) is 1.58. The van der Waals surface area contributed by atoms with Crippen molar-refractivity contribution < 1.29 is 23.7 Å². The number of nitrogens with zero attached hydrogens (tertiary/aromatic N) is 2. The first kappa shape index (κ1) is 28.9. The number of hydrogen-bond donors (Lipinski definition) is 0. The summed E-state index contributed by atoms with van der Waals surface area (Å²) in [6.07, 6.45) is 1.79. The van der Waals surface area contributed by atoms with E-state index in [1.807, 2.05) is 79.7 Å². The van der Waals surface area contributed by atoms with E-state index >= 15 is 0 Å². The monoisotopic (exact) mass is 584 g/mol. The van der Waals surface area contributed by atoms with E-state index in [-0.39, 0.29) is 12.2 Å². The smallest absolute Gasteiger partial charge is 0.338 e. The number of para-hydroxylation sites is 1. The van der Waals surface area contributed by atoms with E-state index in [1.54, 1.807) is 31.6 Å². The number of carbonyl (C=O) groups is 1. The molecule has 0 radical (unpaired) electrons. The van der Waals surface area contributed by atoms with Gasteiger partial charge in [0.05, 0.1) is 36.1 Å². The number of thiazole rings is 1. The Morgan fingerprint density at radius 2 is 1.71 bits per heavy atom. The molecule has 3 aromatic carbocycles. The minimum atomic E-state index is -0.756. The zero-order valence-electron chi connectivity index (χ0n) is 24.0. The Bertz CT molecular complexity index is 1810. The summed E-state index contributed by atoms with van der Waals surface area (Å²) in [5.74, 6) is 1.23. The van der Waals surface area contributed by atoms with Gasteiger partial charge in [0.2, 0.25) is 0 Å². The number of esters is 1. The third-order valence-corrected chi connectivity index (χ3v) is 7.74. The van der Waals surface area contributed by atoms with Gasteiger partial charge in [-0.25, -0.2) is 9.79 Å². The van der Waals surface area contributed by atoms with Crippen LogP contribution in [0.2, 0.25) is 0 Å². The van der Waals surface area contributed by atoms with Gasteiger partial charge < -0.3 is 18.9 Å². The van der Waals surface area contributed by atoms with E-state index in [1.165, 1.54) is 11.3 Å². The molecule has 0 aliphatic carbocycles. The lowest BCUT2D eigenvalue weighted by Crippen LogP contribution is -2.40. The summed E-state index contributed by atoms with van der Waals surface area (Å²) in [6.45, 7) is 6.44. The summed E-state index contributed by atoms with van der Waals surface area (Å²) in [5, 5.41) is 0. The van der Waals surface area contributed by atoms with Crippen LogP contribution in [0.4, 0.5) is 0 Å². The first-order valence-corrected chi connectivity index (χ1v) is 14.5. The van der Waals surface area contributed by atoms with Crippen molar-refractivity contribution in [3.63, 3.8) is 0 Å². The fourth-order valence-electron chi connectivity index (χ4n) is 4.86. The first-order chi connectivity index (χ1) is 20.4. The average Bonchev–Trinajstić information content (AvgIpc) is 3.30. The topological polar surface area (TPSA) is 88.4 Å². The molecule has 0 amide bonds. The SMILES string of the molecule is CCOC(=O)C1=C(C)N=c2s/c(=C\c3ccc(OCc4ccccc4)c(OC)c3)c(=O)n2[C@H]1c1ccccc1OCC. The Labute approximate surface area is 247 Å². The van der Waals surface area contributed by atoms with Crippen molar-refractivity contribution in [1.82, 2.24) is 4.57 Å². The fourth-order valence-corrected chi connectivity index (χ4v) is 5.91. The number of ether oxygens (including phenoxy) is 4. The van der Waals surface area contributed by atoms with Crippen molar-refractivity contribution >= 4 is 23.4 Å². The van der Waals surface area contributed by atoms with Gasteiger partial charge in [0.25, 0.3) is 5.56 Å². The standard InChI is InChI=1S/C33H32N2O6S/c1-5-39-25-15-11-10-14-24(25)30-29(32(37)40-6-2)21(3)34-33-35(30)31(36)28(42-33)19-23-16-17-26(27(18-23)38-4)41-20-22-12-8-7-9-13-22/h7-19,30H,5-6,20H2,1-4H3/b28-19-/t30-/m0/s1. The molecule has 1 aromatic heterocycles. The van der Waals surface area contributed by atoms with Gasteiger partial charge in [-0.15, -0.1) is 0 Å². The second kappa shape index (κ2) is 12.9. The minimum Gasteiger partial charge on any atom is -0.494 e. The highest BCUT2D eigenvalue weighted by Crippen LogP contribution is 2.36. The van der Waals surface area contributed by atoms with Crippen molar-refractivity contribution in [1.29, 1.82) is 0 Å². The maximum Gasteiger partial charge on any atom is 0.338 e. The molecule has 42 heavy (non-hydrogen) atoms. The molecule has 1 aliphatic heterocycles. The number of allylic oxidation sites excluding steroid dienone is 1. The summed E-state index contributed by atoms with van der Waals surface area (Å²) >= 11 is 1.26. The third-order valence-electron chi connectivity index (χ3n) is 6.75. The van der Waals surface area contributed by atoms with Gasteiger partial charge in [0, 0.05) is 5.56 Å². The van der Waals surface area contributed by atoms with Gasteiger partial charge in [0.1, 0.15) is 18.4 Å². The molecule has 0 saturated heterocycles. The Morgan fingerprint density at radius 1 is 0.952 bits per heavy atom. The number of benzene rings is 3. The molecule has 0 fully saturated rings. The zero-order chi connectivity index (χ0) is 29.6. The van der Waals surface area contributed by atoms with E-state index in [2.05, 4.69) is 4.99 Å². The van der Waals surface area contributed by atoms with Gasteiger partial charge in [-0.3, -0.25) is 9.36 Å². The first-order valence-electron chi connectivity index (χ1n) is 13.7. The van der Waals surface area contributed by atoms with Crippen LogP contribution in [0.25, 0.3) is 6.08 Å². The van der Waals surface area contributed by atoms with Crippen LogP contribution in [0.5, 0.6) is 17.2 Å². The molecule has 4 aromatic rings. The van der Waals surface area contributed by atoms with E-state index in [9.17, 15) is 9.59 Å². The Kier molecular flexibility index (Phi) is 8.88. The predicted molar refractivity (Wildman–Crippen MR) is 162 cm³/mol. The average molecular weight is 585 g/mol. The number of fused-ring (bicyclic) bond motifs is 1. The lowest BCUT2D eigenvalue weighted by molar-refractivity contribution is -0.139. The number of hydrogen-bond acceptors (Lipinski definition) is 8. The van der Waals surface area contributed by atoms with Crippen LogP contribution in [-0.4, -0.2) is 30.9 Å². The molecule has 8 nitrogen and oxygen atoms in total. The molecule has 1 atom stereocenters. The minimum absolute atomic E-state index is 0.201. The molecule has 0 N–H and O–H groups in total. The van der Waals surface area contributed by atoms with Gasteiger partial charge in [0.15, 0.2) is 16.3 Å². The molecule has 5 rings (SSSR count). The van der Waals surface area contributed by atoms with E-state index < -0.39 is 12.0 Å². The molecule has 1 aliphatic rings. The predicted octanol–water partition coefficient (Wildman–Crippen LogP) is 4.78. The highest BCUT2D eigenvalue weighted by atomic mass is 32.1. The molecular formula is C33H32N2O6S. The molecule has 0 bridgehead atoms. The van der Waals surface area contributed by atoms with Crippen molar-refractivity contribution in [2.45, 2.75) is 33.4 Å². The molecule has 0 saturated carbocycles. The van der Waals surface area contributed by atoms with Crippen LogP contribution in [0, 0.1) is 0 Å². The van der Waals surface area contributed by atoms with Crippen molar-refractivity contribution in [2.75, 3.05) is 20.3 Å². The normalized spacial score (nSPS) is 14.7. The molecule has 2 heterocycles. The Hall–Kier alpha value is -4.63. The molecular weight excluding hydrogens is 552 g/mol. The number of rotatable bonds is 10. The van der Waals surface area contributed by atoms with Crippen LogP contribution in [0.15, 0.2) is 93.9 Å². The van der Waals surface area contributed by atoms with E-state index in [0.29, 0.717) is 56.6 Å². The zero-order valence-corrected chi connectivity index (χ0v) is 24.8. The number of carbonyl (C=O) groups excluding carboxylic acids is 1. The van der Waals surface area contributed by atoms with Crippen LogP contribution in [0.1, 0.15) is 43.5 Å². The highest BCUT2D eigenvalue weighted by molar-refractivity contribution is 7.07. The van der Waals surface area contributed by atoms with E-state index in [0.717, 1.165) is 11.1 Å². The highest BCUT2D eigenvalue weighted by Gasteiger charge is 2.35. The Morgan fingerprint density at radius 3 is 2.45 bits per heavy atom.